The Morgan fingerprint density at radius 2 is 1.71 bits per heavy atom. The number of aromatic nitrogens is 2. The average molecular weight is 377 g/mol. The van der Waals surface area contributed by atoms with E-state index in [1.165, 1.54) is 5.56 Å². The Morgan fingerprint density at radius 3 is 2.43 bits per heavy atom. The average Bonchev–Trinajstić information content (AvgIpc) is 2.77. The standard InChI is InChI=1S/C22H27N5O/c1-3-26-12-14-27(15-13-26)22-24-20-7-5-4-6-19(20)21(25-22)23-16-17-8-10-18(28-2)11-9-17/h4-11H,3,12-16H2,1-2H3,(H,23,24,25). The minimum Gasteiger partial charge on any atom is -0.497 e. The molecule has 1 saturated heterocycles. The summed E-state index contributed by atoms with van der Waals surface area (Å²) in [4.78, 5) is 14.5. The molecule has 1 aromatic heterocycles. The quantitative estimate of drug-likeness (QED) is 0.711. The molecule has 2 heterocycles. The summed E-state index contributed by atoms with van der Waals surface area (Å²) < 4.78 is 5.24. The van der Waals surface area contributed by atoms with Crippen LogP contribution < -0.4 is 15.0 Å². The second-order valence-electron chi connectivity index (χ2n) is 7.01. The van der Waals surface area contributed by atoms with Gasteiger partial charge in [-0.3, -0.25) is 0 Å². The lowest BCUT2D eigenvalue weighted by Crippen LogP contribution is -2.46. The Balaban J connectivity index is 1.57. The summed E-state index contributed by atoms with van der Waals surface area (Å²) in [5.41, 5.74) is 2.16. The van der Waals surface area contributed by atoms with Crippen molar-refractivity contribution >= 4 is 22.7 Å². The van der Waals surface area contributed by atoms with Gasteiger partial charge in [0.1, 0.15) is 11.6 Å². The van der Waals surface area contributed by atoms with Crippen LogP contribution in [-0.4, -0.2) is 54.7 Å². The highest BCUT2D eigenvalue weighted by atomic mass is 16.5. The van der Waals surface area contributed by atoms with Gasteiger partial charge in [-0.1, -0.05) is 31.2 Å². The highest BCUT2D eigenvalue weighted by Crippen LogP contribution is 2.25. The summed E-state index contributed by atoms with van der Waals surface area (Å²) in [6.07, 6.45) is 0. The lowest BCUT2D eigenvalue weighted by molar-refractivity contribution is 0.270. The summed E-state index contributed by atoms with van der Waals surface area (Å²) in [5, 5.41) is 4.56. The molecule has 3 aromatic rings. The van der Waals surface area contributed by atoms with Gasteiger partial charge in [0.05, 0.1) is 12.6 Å². The number of ether oxygens (including phenoxy) is 1. The molecule has 6 heteroatoms. The van der Waals surface area contributed by atoms with E-state index in [0.29, 0.717) is 6.54 Å². The van der Waals surface area contributed by atoms with Crippen LogP contribution in [0.5, 0.6) is 5.75 Å². The molecule has 146 valence electrons. The van der Waals surface area contributed by atoms with Gasteiger partial charge in [-0.15, -0.1) is 0 Å². The third-order valence-corrected chi connectivity index (χ3v) is 5.31. The monoisotopic (exact) mass is 377 g/mol. The van der Waals surface area contributed by atoms with E-state index in [0.717, 1.165) is 61.1 Å². The fourth-order valence-electron chi connectivity index (χ4n) is 3.53. The smallest absolute Gasteiger partial charge is 0.227 e. The predicted octanol–water partition coefficient (Wildman–Crippen LogP) is 3.39. The summed E-state index contributed by atoms with van der Waals surface area (Å²) >= 11 is 0. The molecule has 0 amide bonds. The number of nitrogens with zero attached hydrogens (tertiary/aromatic N) is 4. The molecular weight excluding hydrogens is 350 g/mol. The van der Waals surface area contributed by atoms with Crippen LogP contribution in [-0.2, 0) is 6.54 Å². The van der Waals surface area contributed by atoms with Gasteiger partial charge in [0.25, 0.3) is 0 Å². The van der Waals surface area contributed by atoms with Crippen LogP contribution in [0.3, 0.4) is 0 Å². The molecule has 0 atom stereocenters. The molecule has 2 aromatic carbocycles. The lowest BCUT2D eigenvalue weighted by Gasteiger charge is -2.34. The number of likely N-dealkylation sites (N-methyl/N-ethyl adjacent to an activating group) is 1. The first-order valence-electron chi connectivity index (χ1n) is 9.87. The van der Waals surface area contributed by atoms with Crippen LogP contribution in [0.15, 0.2) is 48.5 Å². The Labute approximate surface area is 166 Å². The highest BCUT2D eigenvalue weighted by molar-refractivity contribution is 5.90. The summed E-state index contributed by atoms with van der Waals surface area (Å²) in [6, 6.07) is 16.3. The van der Waals surface area contributed by atoms with Crippen molar-refractivity contribution in [3.63, 3.8) is 0 Å². The molecule has 0 saturated carbocycles. The third kappa shape index (κ3) is 4.02. The molecule has 28 heavy (non-hydrogen) atoms. The zero-order valence-electron chi connectivity index (χ0n) is 16.6. The van der Waals surface area contributed by atoms with Crippen LogP contribution in [0.2, 0.25) is 0 Å². The molecule has 0 bridgehead atoms. The molecule has 0 unspecified atom stereocenters. The molecular formula is C22H27N5O. The van der Waals surface area contributed by atoms with E-state index < -0.39 is 0 Å². The molecule has 0 radical (unpaired) electrons. The number of methoxy groups -OCH3 is 1. The maximum Gasteiger partial charge on any atom is 0.227 e. The van der Waals surface area contributed by atoms with Crippen molar-refractivity contribution in [3.8, 4) is 5.75 Å². The minimum atomic E-state index is 0.702. The SMILES string of the molecule is CCN1CCN(c2nc(NCc3ccc(OC)cc3)c3ccccc3n2)CC1. The zero-order valence-corrected chi connectivity index (χ0v) is 16.6. The first-order chi connectivity index (χ1) is 13.8. The van der Waals surface area contributed by atoms with Gasteiger partial charge in [0.2, 0.25) is 5.95 Å². The number of hydrogen-bond donors (Lipinski definition) is 1. The van der Waals surface area contributed by atoms with Crippen LogP contribution >= 0.6 is 0 Å². The van der Waals surface area contributed by atoms with Gasteiger partial charge in [-0.2, -0.15) is 4.98 Å². The number of anilines is 2. The number of hydrogen-bond acceptors (Lipinski definition) is 6. The van der Waals surface area contributed by atoms with Crippen molar-refractivity contribution in [2.24, 2.45) is 0 Å². The molecule has 1 N–H and O–H groups in total. The molecule has 1 fully saturated rings. The van der Waals surface area contributed by atoms with Crippen molar-refractivity contribution in [2.45, 2.75) is 13.5 Å². The van der Waals surface area contributed by atoms with E-state index in [1.54, 1.807) is 7.11 Å². The van der Waals surface area contributed by atoms with Gasteiger partial charge in [-0.25, -0.2) is 4.98 Å². The predicted molar refractivity (Wildman–Crippen MR) is 114 cm³/mol. The number of piperazine rings is 1. The molecule has 0 aliphatic carbocycles. The van der Waals surface area contributed by atoms with Crippen molar-refractivity contribution in [1.82, 2.24) is 14.9 Å². The normalized spacial score (nSPS) is 15.0. The van der Waals surface area contributed by atoms with E-state index in [1.807, 2.05) is 24.3 Å². The fourth-order valence-corrected chi connectivity index (χ4v) is 3.53. The van der Waals surface area contributed by atoms with Crippen molar-refractivity contribution in [1.29, 1.82) is 0 Å². The topological polar surface area (TPSA) is 53.5 Å². The fraction of sp³-hybridized carbons (Fsp3) is 0.364. The number of nitrogens with one attached hydrogen (secondary N) is 1. The van der Waals surface area contributed by atoms with Crippen molar-refractivity contribution in [3.05, 3.63) is 54.1 Å². The molecule has 1 aliphatic heterocycles. The number of benzene rings is 2. The molecule has 6 nitrogen and oxygen atoms in total. The van der Waals surface area contributed by atoms with E-state index in [-0.39, 0.29) is 0 Å². The van der Waals surface area contributed by atoms with Gasteiger partial charge >= 0.3 is 0 Å². The zero-order chi connectivity index (χ0) is 19.3. The molecule has 1 aliphatic rings. The summed E-state index contributed by atoms with van der Waals surface area (Å²) in [6.45, 7) is 8.05. The Hall–Kier alpha value is -2.86. The van der Waals surface area contributed by atoms with E-state index in [2.05, 4.69) is 46.3 Å². The number of fused-ring (bicyclic) bond motifs is 1. The van der Waals surface area contributed by atoms with Crippen LogP contribution in [0.4, 0.5) is 11.8 Å². The van der Waals surface area contributed by atoms with Gasteiger partial charge in [-0.05, 0) is 36.4 Å². The summed E-state index contributed by atoms with van der Waals surface area (Å²) in [5.74, 6) is 2.56. The van der Waals surface area contributed by atoms with Crippen LogP contribution in [0.25, 0.3) is 10.9 Å². The molecule has 0 spiro atoms. The second-order valence-corrected chi connectivity index (χ2v) is 7.01. The Kier molecular flexibility index (Phi) is 5.58. The van der Waals surface area contributed by atoms with Gasteiger partial charge < -0.3 is 19.9 Å². The Bertz CT molecular complexity index is 920. The van der Waals surface area contributed by atoms with Crippen molar-refractivity contribution < 1.29 is 4.74 Å². The van der Waals surface area contributed by atoms with Gasteiger partial charge in [0.15, 0.2) is 0 Å². The maximum absolute atomic E-state index is 5.24. The maximum atomic E-state index is 5.24. The number of rotatable bonds is 6. The first-order valence-corrected chi connectivity index (χ1v) is 9.87. The first kappa shape index (κ1) is 18.5. The second kappa shape index (κ2) is 8.44. The summed E-state index contributed by atoms with van der Waals surface area (Å²) in [7, 11) is 1.68. The van der Waals surface area contributed by atoms with E-state index in [9.17, 15) is 0 Å². The van der Waals surface area contributed by atoms with E-state index in [4.69, 9.17) is 14.7 Å². The van der Waals surface area contributed by atoms with Crippen LogP contribution in [0, 0.1) is 0 Å². The van der Waals surface area contributed by atoms with E-state index >= 15 is 0 Å². The number of para-hydroxylation sites is 1. The lowest BCUT2D eigenvalue weighted by atomic mass is 10.2. The van der Waals surface area contributed by atoms with Gasteiger partial charge in [0, 0.05) is 38.1 Å². The third-order valence-electron chi connectivity index (χ3n) is 5.31. The Morgan fingerprint density at radius 1 is 0.964 bits per heavy atom. The van der Waals surface area contributed by atoms with Crippen LogP contribution in [0.1, 0.15) is 12.5 Å². The highest BCUT2D eigenvalue weighted by Gasteiger charge is 2.19. The largest absolute Gasteiger partial charge is 0.497 e. The van der Waals surface area contributed by atoms with Crippen molar-refractivity contribution in [2.75, 3.05) is 50.1 Å². The molecule has 4 rings (SSSR count). The minimum absolute atomic E-state index is 0.702.